The van der Waals surface area contributed by atoms with Gasteiger partial charge in [-0.25, -0.2) is 4.79 Å². The first-order chi connectivity index (χ1) is 20.8. The van der Waals surface area contributed by atoms with E-state index in [-0.39, 0.29) is 30.8 Å². The van der Waals surface area contributed by atoms with Crippen LogP contribution in [0.5, 0.6) is 5.75 Å². The Balaban J connectivity index is 1.55. The fourth-order valence-electron chi connectivity index (χ4n) is 5.84. The summed E-state index contributed by atoms with van der Waals surface area (Å²) in [5, 5.41) is 12.7. The van der Waals surface area contributed by atoms with Crippen LogP contribution >= 0.6 is 0 Å². The first-order valence-electron chi connectivity index (χ1n) is 14.6. The first-order valence-corrected chi connectivity index (χ1v) is 14.6. The molecular weight excluding hydrogens is 577 g/mol. The van der Waals surface area contributed by atoms with Gasteiger partial charge in [-0.3, -0.25) is 9.69 Å². The van der Waals surface area contributed by atoms with Crippen LogP contribution in [-0.4, -0.2) is 82.8 Å². The number of ether oxygens (including phenoxy) is 2. The van der Waals surface area contributed by atoms with E-state index in [1.165, 1.54) is 23.1 Å². The maximum absolute atomic E-state index is 13.4. The second-order valence-corrected chi connectivity index (χ2v) is 12.1. The van der Waals surface area contributed by atoms with Crippen molar-refractivity contribution in [3.8, 4) is 28.0 Å². The highest BCUT2D eigenvalue weighted by atomic mass is 19.4. The van der Waals surface area contributed by atoms with Gasteiger partial charge in [0, 0.05) is 55.6 Å². The molecule has 3 aromatic rings. The number of rotatable bonds is 8. The molecule has 0 spiro atoms. The Morgan fingerprint density at radius 2 is 1.80 bits per heavy atom. The zero-order valence-corrected chi connectivity index (χ0v) is 25.0. The molecule has 0 unspecified atom stereocenters. The maximum Gasteiger partial charge on any atom is 0.573 e. The summed E-state index contributed by atoms with van der Waals surface area (Å²) in [6.07, 6.45) is -3.69. The number of benzene rings is 2. The molecule has 12 heteroatoms. The number of carbonyl (C=O) groups is 2. The lowest BCUT2D eigenvalue weighted by molar-refractivity contribution is -0.274. The van der Waals surface area contributed by atoms with Crippen molar-refractivity contribution < 1.29 is 37.3 Å². The van der Waals surface area contributed by atoms with E-state index < -0.39 is 18.0 Å². The molecule has 0 saturated carbocycles. The molecule has 0 bridgehead atoms. The summed E-state index contributed by atoms with van der Waals surface area (Å²) in [4.78, 5) is 29.1. The molecule has 1 atom stereocenters. The normalized spacial score (nSPS) is 17.6. The summed E-state index contributed by atoms with van der Waals surface area (Å²) in [5.74, 6) is -0.678. The van der Waals surface area contributed by atoms with E-state index in [4.69, 9.17) is 4.74 Å². The van der Waals surface area contributed by atoms with Gasteiger partial charge in [0.1, 0.15) is 11.4 Å². The van der Waals surface area contributed by atoms with Gasteiger partial charge in [0.2, 0.25) is 0 Å². The summed E-state index contributed by atoms with van der Waals surface area (Å²) >= 11 is 0. The van der Waals surface area contributed by atoms with Gasteiger partial charge in [-0.2, -0.15) is 0 Å². The van der Waals surface area contributed by atoms with Crippen molar-refractivity contribution in [1.29, 1.82) is 0 Å². The number of nitrogens with one attached hydrogen (secondary N) is 1. The van der Waals surface area contributed by atoms with E-state index in [1.54, 1.807) is 12.3 Å². The Kier molecular flexibility index (Phi) is 8.94. The first kappa shape index (κ1) is 31.4. The third-order valence-electron chi connectivity index (χ3n) is 8.00. The molecule has 1 aromatic heterocycles. The number of halogens is 3. The highest BCUT2D eigenvalue weighted by Gasteiger charge is 2.34. The van der Waals surface area contributed by atoms with Crippen molar-refractivity contribution in [2.75, 3.05) is 39.4 Å². The molecule has 3 heterocycles. The molecule has 2 N–H and O–H groups in total. The molecule has 2 aromatic carbocycles. The number of nitrogens with zero attached hydrogens (tertiary/aromatic N) is 3. The third-order valence-corrected chi connectivity index (χ3v) is 8.00. The number of amides is 2. The number of hydrogen-bond acceptors (Lipinski definition) is 5. The minimum absolute atomic E-state index is 0.229. The Morgan fingerprint density at radius 1 is 1.09 bits per heavy atom. The van der Waals surface area contributed by atoms with E-state index in [0.29, 0.717) is 42.0 Å². The number of carbonyl (C=O) groups excluding carboxylic acids is 1. The second kappa shape index (κ2) is 12.5. The smallest absolute Gasteiger partial charge is 0.465 e. The van der Waals surface area contributed by atoms with Crippen LogP contribution in [0.2, 0.25) is 0 Å². The summed E-state index contributed by atoms with van der Waals surface area (Å²) in [5.41, 5.74) is 3.18. The molecule has 236 valence electrons. The van der Waals surface area contributed by atoms with Crippen molar-refractivity contribution in [2.45, 2.75) is 51.7 Å². The molecule has 0 aliphatic carbocycles. The van der Waals surface area contributed by atoms with Crippen molar-refractivity contribution in [2.24, 2.45) is 0 Å². The second-order valence-electron chi connectivity index (χ2n) is 12.1. The third kappa shape index (κ3) is 7.19. The summed E-state index contributed by atoms with van der Waals surface area (Å²) in [6.45, 7) is 9.77. The van der Waals surface area contributed by atoms with Gasteiger partial charge in [-0.1, -0.05) is 36.4 Å². The van der Waals surface area contributed by atoms with Crippen LogP contribution in [0.4, 0.5) is 18.0 Å². The Morgan fingerprint density at radius 3 is 2.43 bits per heavy atom. The van der Waals surface area contributed by atoms with Crippen LogP contribution < -0.4 is 10.1 Å². The number of fused-ring (bicyclic) bond motifs is 1. The minimum Gasteiger partial charge on any atom is -0.465 e. The number of morpholine rings is 1. The Labute approximate surface area is 254 Å². The summed E-state index contributed by atoms with van der Waals surface area (Å²) in [7, 11) is 0. The molecule has 5 rings (SSSR count). The van der Waals surface area contributed by atoms with E-state index >= 15 is 0 Å². The molecule has 0 radical (unpaired) electrons. The Hall–Kier alpha value is -4.03. The molecule has 2 amide bonds. The standard InChI is InChI=1S/C32H37F3N4O5/c1-31(2,3)39(30(41)42)12-11-24-18-36-29(40)28-27(22-9-7-21(8-10-22)19-37-13-15-43-16-14-37)26(20-38(24)28)23-5-4-6-25(17-23)44-32(33,34)35/h4-10,17,20,24H,11-16,18-19H2,1-3H3,(H,36,40)(H,41,42)/t24-/m0/s1. The molecule has 44 heavy (non-hydrogen) atoms. The molecular formula is C32H37F3N4O5. The zero-order chi connectivity index (χ0) is 31.6. The number of aromatic nitrogens is 1. The topological polar surface area (TPSA) is 96.3 Å². The highest BCUT2D eigenvalue weighted by molar-refractivity contribution is 6.05. The lowest BCUT2D eigenvalue weighted by Crippen LogP contribution is -2.47. The predicted molar refractivity (Wildman–Crippen MR) is 159 cm³/mol. The van der Waals surface area contributed by atoms with Crippen LogP contribution in [0.3, 0.4) is 0 Å². The molecule has 2 aliphatic rings. The summed E-state index contributed by atoms with van der Waals surface area (Å²) in [6, 6.07) is 13.3. The molecule has 2 aliphatic heterocycles. The van der Waals surface area contributed by atoms with Crippen LogP contribution in [0.15, 0.2) is 54.7 Å². The van der Waals surface area contributed by atoms with Crippen LogP contribution in [0, 0.1) is 0 Å². The van der Waals surface area contributed by atoms with Crippen molar-refractivity contribution in [1.82, 2.24) is 19.7 Å². The van der Waals surface area contributed by atoms with Crippen molar-refractivity contribution >= 4 is 12.0 Å². The lowest BCUT2D eigenvalue weighted by atomic mass is 9.95. The maximum atomic E-state index is 13.4. The van der Waals surface area contributed by atoms with E-state index in [9.17, 15) is 27.9 Å². The predicted octanol–water partition coefficient (Wildman–Crippen LogP) is 6.01. The quantitative estimate of drug-likeness (QED) is 0.323. The van der Waals surface area contributed by atoms with E-state index in [1.807, 2.05) is 49.6 Å². The van der Waals surface area contributed by atoms with E-state index in [2.05, 4.69) is 15.0 Å². The van der Waals surface area contributed by atoms with Gasteiger partial charge >= 0.3 is 12.5 Å². The molecule has 1 saturated heterocycles. The van der Waals surface area contributed by atoms with Gasteiger partial charge in [0.15, 0.2) is 0 Å². The highest BCUT2D eigenvalue weighted by Crippen LogP contribution is 2.41. The molecule has 1 fully saturated rings. The van der Waals surface area contributed by atoms with Gasteiger partial charge in [0.25, 0.3) is 5.91 Å². The average Bonchev–Trinajstić information content (AvgIpc) is 3.35. The van der Waals surface area contributed by atoms with Gasteiger partial charge in [0.05, 0.1) is 19.3 Å². The Bertz CT molecular complexity index is 1490. The van der Waals surface area contributed by atoms with Crippen molar-refractivity contribution in [3.05, 3.63) is 66.0 Å². The molecule has 9 nitrogen and oxygen atoms in total. The van der Waals surface area contributed by atoms with E-state index in [0.717, 1.165) is 30.8 Å². The van der Waals surface area contributed by atoms with Crippen LogP contribution in [0.1, 0.15) is 49.3 Å². The summed E-state index contributed by atoms with van der Waals surface area (Å²) < 4.78 is 50.7. The van der Waals surface area contributed by atoms with Crippen LogP contribution in [0.25, 0.3) is 22.3 Å². The fourth-order valence-corrected chi connectivity index (χ4v) is 5.84. The fraction of sp³-hybridized carbons (Fsp3) is 0.438. The van der Waals surface area contributed by atoms with Crippen molar-refractivity contribution in [3.63, 3.8) is 0 Å². The number of alkyl halides is 3. The zero-order valence-electron chi connectivity index (χ0n) is 25.0. The van der Waals surface area contributed by atoms with Gasteiger partial charge in [-0.15, -0.1) is 13.2 Å². The van der Waals surface area contributed by atoms with Gasteiger partial charge < -0.3 is 29.4 Å². The monoisotopic (exact) mass is 614 g/mol. The average molecular weight is 615 g/mol. The number of carboxylic acid groups (broad SMARTS) is 1. The van der Waals surface area contributed by atoms with Gasteiger partial charge in [-0.05, 0) is 56.0 Å². The number of hydrogen-bond donors (Lipinski definition) is 2. The largest absolute Gasteiger partial charge is 0.573 e. The minimum atomic E-state index is -4.86. The van der Waals surface area contributed by atoms with Crippen LogP contribution in [-0.2, 0) is 11.3 Å². The SMILES string of the molecule is CC(C)(C)N(CC[C@H]1CNC(=O)c2c(-c3ccc(CN4CCOCC4)cc3)c(-c3cccc(OC(F)(F)F)c3)cn21)C(=O)O. The lowest BCUT2D eigenvalue weighted by Gasteiger charge is -2.35.